The summed E-state index contributed by atoms with van der Waals surface area (Å²) in [6, 6.07) is 17.2. The Hall–Kier alpha value is -3.28. The first-order chi connectivity index (χ1) is 11.3. The van der Waals surface area contributed by atoms with Gasteiger partial charge in [-0.05, 0) is 24.3 Å². The maximum absolute atomic E-state index is 12.9. The third kappa shape index (κ3) is 2.62. The van der Waals surface area contributed by atoms with Crippen molar-refractivity contribution < 1.29 is 13.4 Å². The fraction of sp³-hybridized carbons (Fsp3) is 0. The van der Waals surface area contributed by atoms with Crippen molar-refractivity contribution in [1.29, 1.82) is 0 Å². The lowest BCUT2D eigenvalue weighted by atomic mass is 10.1. The van der Waals surface area contributed by atoms with Gasteiger partial charge in [0, 0.05) is 17.2 Å². The van der Waals surface area contributed by atoms with Gasteiger partial charge in [-0.1, -0.05) is 40.6 Å². The van der Waals surface area contributed by atoms with Gasteiger partial charge in [0.05, 0.1) is 0 Å². The summed E-state index contributed by atoms with van der Waals surface area (Å²) < 4.78 is 23.5. The number of halogens is 1. The molecule has 0 saturated heterocycles. The predicted molar refractivity (Wildman–Crippen MR) is 80.6 cm³/mol. The van der Waals surface area contributed by atoms with Gasteiger partial charge in [-0.2, -0.15) is 4.98 Å². The van der Waals surface area contributed by atoms with Gasteiger partial charge in [-0.25, -0.2) is 4.39 Å². The van der Waals surface area contributed by atoms with E-state index in [0.717, 1.165) is 5.56 Å². The second-order valence-electron chi connectivity index (χ2n) is 4.87. The number of rotatable bonds is 3. The van der Waals surface area contributed by atoms with Crippen molar-refractivity contribution in [3.05, 3.63) is 66.5 Å². The molecule has 4 rings (SSSR count). The summed E-state index contributed by atoms with van der Waals surface area (Å²) in [4.78, 5) is 4.26. The maximum Gasteiger partial charge on any atom is 0.280 e. The highest BCUT2D eigenvalue weighted by Gasteiger charge is 2.15. The van der Waals surface area contributed by atoms with Gasteiger partial charge in [0.2, 0.25) is 5.82 Å². The summed E-state index contributed by atoms with van der Waals surface area (Å²) in [5.74, 6) is 0.906. The average molecular weight is 307 g/mol. The summed E-state index contributed by atoms with van der Waals surface area (Å²) in [5.41, 5.74) is 2.02. The summed E-state index contributed by atoms with van der Waals surface area (Å²) in [6.45, 7) is 0. The van der Waals surface area contributed by atoms with Gasteiger partial charge in [-0.3, -0.25) is 0 Å². The van der Waals surface area contributed by atoms with E-state index < -0.39 is 0 Å². The number of hydrogen-bond donors (Lipinski definition) is 0. The van der Waals surface area contributed by atoms with E-state index in [9.17, 15) is 4.39 Å². The Morgan fingerprint density at radius 3 is 2.35 bits per heavy atom. The Labute approximate surface area is 130 Å². The van der Waals surface area contributed by atoms with E-state index in [4.69, 9.17) is 9.05 Å². The molecule has 2 aromatic carbocycles. The summed E-state index contributed by atoms with van der Waals surface area (Å²) in [5, 5.41) is 7.84. The van der Waals surface area contributed by atoms with E-state index in [-0.39, 0.29) is 11.7 Å². The normalized spacial score (nSPS) is 10.8. The van der Waals surface area contributed by atoms with Crippen LogP contribution in [0.2, 0.25) is 0 Å². The number of aromatic nitrogens is 3. The van der Waals surface area contributed by atoms with Crippen molar-refractivity contribution >= 4 is 0 Å². The van der Waals surface area contributed by atoms with Crippen LogP contribution in [0.1, 0.15) is 0 Å². The van der Waals surface area contributed by atoms with Crippen LogP contribution in [0.25, 0.3) is 34.3 Å². The first kappa shape index (κ1) is 13.4. The molecule has 6 heteroatoms. The zero-order valence-corrected chi connectivity index (χ0v) is 11.8. The average Bonchev–Trinajstić information content (AvgIpc) is 3.26. The molecule has 0 unspecified atom stereocenters. The summed E-state index contributed by atoms with van der Waals surface area (Å²) in [6.07, 6.45) is 0. The first-order valence-electron chi connectivity index (χ1n) is 6.92. The zero-order chi connectivity index (χ0) is 15.6. The molecule has 0 N–H and O–H groups in total. The summed E-state index contributed by atoms with van der Waals surface area (Å²) in [7, 11) is 0. The van der Waals surface area contributed by atoms with E-state index in [2.05, 4.69) is 15.3 Å². The molecule has 0 spiro atoms. The molecule has 2 heterocycles. The van der Waals surface area contributed by atoms with E-state index >= 15 is 0 Å². The Morgan fingerprint density at radius 1 is 0.783 bits per heavy atom. The Morgan fingerprint density at radius 2 is 1.57 bits per heavy atom. The van der Waals surface area contributed by atoms with Gasteiger partial charge in [0.1, 0.15) is 5.82 Å². The predicted octanol–water partition coefficient (Wildman–Crippen LogP) is 4.20. The van der Waals surface area contributed by atoms with Crippen LogP contribution >= 0.6 is 0 Å². The molecule has 0 fully saturated rings. The second kappa shape index (κ2) is 5.49. The lowest BCUT2D eigenvalue weighted by Crippen LogP contribution is -1.82. The van der Waals surface area contributed by atoms with Gasteiger partial charge in [0.25, 0.3) is 5.89 Å². The van der Waals surface area contributed by atoms with Crippen molar-refractivity contribution in [2.45, 2.75) is 0 Å². The SMILES string of the molecule is Fc1ccc(-c2noc(-c3cc(-c4ccccc4)on3)n2)cc1. The minimum Gasteiger partial charge on any atom is -0.355 e. The Bertz CT molecular complexity index is 930. The fourth-order valence-electron chi connectivity index (χ4n) is 2.16. The topological polar surface area (TPSA) is 65.0 Å². The van der Waals surface area contributed by atoms with Crippen molar-refractivity contribution in [1.82, 2.24) is 15.3 Å². The number of hydrogen-bond acceptors (Lipinski definition) is 5. The van der Waals surface area contributed by atoms with Crippen LogP contribution in [0.4, 0.5) is 4.39 Å². The lowest BCUT2D eigenvalue weighted by molar-refractivity contribution is 0.411. The maximum atomic E-state index is 12.9. The summed E-state index contributed by atoms with van der Waals surface area (Å²) >= 11 is 0. The number of nitrogens with zero attached hydrogens (tertiary/aromatic N) is 3. The smallest absolute Gasteiger partial charge is 0.280 e. The number of benzene rings is 2. The van der Waals surface area contributed by atoms with E-state index in [0.29, 0.717) is 22.8 Å². The van der Waals surface area contributed by atoms with Crippen LogP contribution in [0.15, 0.2) is 69.7 Å². The zero-order valence-electron chi connectivity index (χ0n) is 11.8. The van der Waals surface area contributed by atoms with Gasteiger partial charge in [-0.15, -0.1) is 0 Å². The van der Waals surface area contributed by atoms with Crippen LogP contribution in [0.3, 0.4) is 0 Å². The molecular formula is C17H10FN3O2. The largest absolute Gasteiger partial charge is 0.355 e. The van der Waals surface area contributed by atoms with Crippen molar-refractivity contribution in [3.63, 3.8) is 0 Å². The Balaban J connectivity index is 1.65. The van der Waals surface area contributed by atoms with E-state index in [1.165, 1.54) is 12.1 Å². The van der Waals surface area contributed by atoms with Gasteiger partial charge >= 0.3 is 0 Å². The molecule has 0 radical (unpaired) electrons. The highest BCUT2D eigenvalue weighted by Crippen LogP contribution is 2.26. The molecule has 2 aromatic heterocycles. The Kier molecular flexibility index (Phi) is 3.20. The first-order valence-corrected chi connectivity index (χ1v) is 6.92. The molecule has 0 amide bonds. The monoisotopic (exact) mass is 307 g/mol. The van der Waals surface area contributed by atoms with Crippen LogP contribution in [0, 0.1) is 5.82 Å². The molecule has 4 aromatic rings. The molecule has 0 saturated carbocycles. The standard InChI is InChI=1S/C17H10FN3O2/c18-13-8-6-12(7-9-13)16-19-17(23-21-16)14-10-15(22-20-14)11-4-2-1-3-5-11/h1-10H. The molecule has 0 aliphatic carbocycles. The molecule has 23 heavy (non-hydrogen) atoms. The fourth-order valence-corrected chi connectivity index (χ4v) is 2.16. The van der Waals surface area contributed by atoms with Crippen molar-refractivity contribution in [3.8, 4) is 34.3 Å². The minimum atomic E-state index is -0.318. The van der Waals surface area contributed by atoms with Crippen LogP contribution in [-0.2, 0) is 0 Å². The van der Waals surface area contributed by atoms with Crippen molar-refractivity contribution in [2.24, 2.45) is 0 Å². The quantitative estimate of drug-likeness (QED) is 0.567. The van der Waals surface area contributed by atoms with Crippen molar-refractivity contribution in [2.75, 3.05) is 0 Å². The molecule has 5 nitrogen and oxygen atoms in total. The lowest BCUT2D eigenvalue weighted by Gasteiger charge is -1.92. The molecule has 0 aliphatic heterocycles. The van der Waals surface area contributed by atoms with E-state index in [1.54, 1.807) is 18.2 Å². The van der Waals surface area contributed by atoms with Crippen LogP contribution < -0.4 is 0 Å². The van der Waals surface area contributed by atoms with Gasteiger partial charge in [0.15, 0.2) is 11.5 Å². The molecule has 0 atom stereocenters. The van der Waals surface area contributed by atoms with Crippen LogP contribution in [0.5, 0.6) is 0 Å². The molecule has 0 aliphatic rings. The third-order valence-corrected chi connectivity index (χ3v) is 3.32. The molecule has 112 valence electrons. The highest BCUT2D eigenvalue weighted by atomic mass is 19.1. The third-order valence-electron chi connectivity index (χ3n) is 3.32. The van der Waals surface area contributed by atoms with Crippen LogP contribution in [-0.4, -0.2) is 15.3 Å². The van der Waals surface area contributed by atoms with Gasteiger partial charge < -0.3 is 9.05 Å². The highest BCUT2D eigenvalue weighted by molar-refractivity contribution is 5.63. The molecule has 0 bridgehead atoms. The minimum absolute atomic E-state index is 0.246. The van der Waals surface area contributed by atoms with E-state index in [1.807, 2.05) is 30.3 Å². The molecular weight excluding hydrogens is 297 g/mol. The second-order valence-corrected chi connectivity index (χ2v) is 4.87.